The van der Waals surface area contributed by atoms with Crippen LogP contribution in [0.1, 0.15) is 60.7 Å². The summed E-state index contributed by atoms with van der Waals surface area (Å²) in [5.41, 5.74) is 1.85. The number of nitrogens with zero attached hydrogens (tertiary/aromatic N) is 5. The van der Waals surface area contributed by atoms with Crippen LogP contribution in [0.15, 0.2) is 41.6 Å². The topological polar surface area (TPSA) is 74.3 Å². The molecule has 10 heteroatoms. The highest BCUT2D eigenvalue weighted by atomic mass is 35.5. The Morgan fingerprint density at radius 3 is 2.74 bits per heavy atom. The van der Waals surface area contributed by atoms with E-state index in [0.717, 1.165) is 30.5 Å². The molecule has 3 aromatic heterocycles. The maximum absolute atomic E-state index is 14.8. The highest BCUT2D eigenvalue weighted by Gasteiger charge is 2.30. The molecule has 6 rings (SSSR count). The van der Waals surface area contributed by atoms with Crippen molar-refractivity contribution in [1.29, 1.82) is 0 Å². The predicted molar refractivity (Wildman–Crippen MR) is 126 cm³/mol. The van der Waals surface area contributed by atoms with Gasteiger partial charge in [-0.2, -0.15) is 5.10 Å². The molecule has 2 fully saturated rings. The van der Waals surface area contributed by atoms with Crippen LogP contribution in [0, 0.1) is 18.6 Å². The minimum absolute atomic E-state index is 0.0116. The molecule has 1 aliphatic carbocycles. The highest BCUT2D eigenvalue weighted by molar-refractivity contribution is 6.31. The Kier molecular flexibility index (Phi) is 5.41. The molecule has 7 nitrogen and oxygen atoms in total. The fraction of sp³-hybridized carbons (Fsp3) is 0.360. The molecule has 35 heavy (non-hydrogen) atoms. The first-order valence-electron chi connectivity index (χ1n) is 11.6. The number of fused-ring (bicyclic) bond motifs is 1. The lowest BCUT2D eigenvalue weighted by molar-refractivity contribution is 0.00454. The molecule has 2 aliphatic rings. The molecule has 2 atom stereocenters. The van der Waals surface area contributed by atoms with Gasteiger partial charge in [-0.1, -0.05) is 11.6 Å². The second-order valence-electron chi connectivity index (χ2n) is 9.21. The van der Waals surface area contributed by atoms with Gasteiger partial charge in [-0.05, 0) is 44.7 Å². The molecule has 0 N–H and O–H groups in total. The van der Waals surface area contributed by atoms with E-state index in [1.807, 2.05) is 17.1 Å². The molecule has 4 aromatic rings. The zero-order valence-electron chi connectivity index (χ0n) is 18.9. The Morgan fingerprint density at radius 1 is 1.14 bits per heavy atom. The van der Waals surface area contributed by atoms with Crippen LogP contribution < -0.4 is 5.56 Å². The third kappa shape index (κ3) is 4.02. The maximum Gasteiger partial charge on any atom is 0.277 e. The minimum Gasteiger partial charge on any atom is -0.373 e. The molecule has 1 saturated carbocycles. The SMILES string of the molecule is Cc1nc2c(-c3ccc(F)cc3F)nc([C@@H]3CCO[C@@H](c4cnn(C5CC5)c4)C3)cn2c(=O)c1Cl. The lowest BCUT2D eigenvalue weighted by atomic mass is 9.90. The van der Waals surface area contributed by atoms with Crippen molar-refractivity contribution in [2.24, 2.45) is 0 Å². The molecule has 4 heterocycles. The van der Waals surface area contributed by atoms with E-state index < -0.39 is 17.2 Å². The summed E-state index contributed by atoms with van der Waals surface area (Å²) in [4.78, 5) is 22.2. The minimum atomic E-state index is -0.782. The first-order chi connectivity index (χ1) is 16.9. The third-order valence-electron chi connectivity index (χ3n) is 6.74. The van der Waals surface area contributed by atoms with Crippen LogP contribution >= 0.6 is 11.6 Å². The highest BCUT2D eigenvalue weighted by Crippen LogP contribution is 2.40. The molecule has 0 amide bonds. The van der Waals surface area contributed by atoms with Crippen LogP contribution in [-0.4, -0.2) is 30.8 Å². The van der Waals surface area contributed by atoms with Gasteiger partial charge in [0, 0.05) is 42.1 Å². The Bertz CT molecular complexity index is 1510. The quantitative estimate of drug-likeness (QED) is 0.389. The largest absolute Gasteiger partial charge is 0.373 e. The van der Waals surface area contributed by atoms with E-state index in [4.69, 9.17) is 21.3 Å². The van der Waals surface area contributed by atoms with Gasteiger partial charge in [-0.25, -0.2) is 18.7 Å². The number of hydrogen-bond acceptors (Lipinski definition) is 5. The van der Waals surface area contributed by atoms with Gasteiger partial charge >= 0.3 is 0 Å². The second kappa shape index (κ2) is 8.49. The molecule has 0 unspecified atom stereocenters. The van der Waals surface area contributed by atoms with Crippen LogP contribution in [0.25, 0.3) is 16.9 Å². The summed E-state index contributed by atoms with van der Waals surface area (Å²) in [5.74, 6) is -1.54. The zero-order chi connectivity index (χ0) is 24.3. The molecule has 1 aliphatic heterocycles. The number of benzene rings is 1. The second-order valence-corrected chi connectivity index (χ2v) is 9.59. The van der Waals surface area contributed by atoms with E-state index in [2.05, 4.69) is 10.1 Å². The summed E-state index contributed by atoms with van der Waals surface area (Å²) in [5, 5.41) is 4.46. The van der Waals surface area contributed by atoms with Gasteiger partial charge in [-0.15, -0.1) is 0 Å². The van der Waals surface area contributed by atoms with Crippen molar-refractivity contribution in [1.82, 2.24) is 24.1 Å². The normalized spacial score (nSPS) is 20.5. The van der Waals surface area contributed by atoms with Crippen molar-refractivity contribution in [3.8, 4) is 11.3 Å². The number of hydrogen-bond donors (Lipinski definition) is 0. The average Bonchev–Trinajstić information content (AvgIpc) is 3.59. The number of rotatable bonds is 4. The summed E-state index contributed by atoms with van der Waals surface area (Å²) in [6.45, 7) is 2.11. The van der Waals surface area contributed by atoms with Crippen LogP contribution in [0.5, 0.6) is 0 Å². The zero-order valence-corrected chi connectivity index (χ0v) is 19.7. The monoisotopic (exact) mass is 497 g/mol. The summed E-state index contributed by atoms with van der Waals surface area (Å²) >= 11 is 6.21. The summed E-state index contributed by atoms with van der Waals surface area (Å²) in [6.07, 6.45) is 8.93. The van der Waals surface area contributed by atoms with E-state index in [0.29, 0.717) is 36.9 Å². The van der Waals surface area contributed by atoms with Crippen molar-refractivity contribution < 1.29 is 13.5 Å². The molecular formula is C25H22ClF2N5O2. The van der Waals surface area contributed by atoms with Crippen molar-refractivity contribution in [3.63, 3.8) is 0 Å². The lowest BCUT2D eigenvalue weighted by Gasteiger charge is -2.29. The predicted octanol–water partition coefficient (Wildman–Crippen LogP) is 5.16. The molecule has 1 aromatic carbocycles. The fourth-order valence-electron chi connectivity index (χ4n) is 4.66. The van der Waals surface area contributed by atoms with E-state index in [-0.39, 0.29) is 33.9 Å². The Morgan fingerprint density at radius 2 is 1.97 bits per heavy atom. The molecule has 0 bridgehead atoms. The van der Waals surface area contributed by atoms with Gasteiger partial charge in [0.15, 0.2) is 5.65 Å². The molecule has 0 radical (unpaired) electrons. The summed E-state index contributed by atoms with van der Waals surface area (Å²) < 4.78 is 37.8. The van der Waals surface area contributed by atoms with Crippen LogP contribution in [0.3, 0.4) is 0 Å². The smallest absolute Gasteiger partial charge is 0.277 e. The van der Waals surface area contributed by atoms with Gasteiger partial charge in [0.05, 0.1) is 29.7 Å². The van der Waals surface area contributed by atoms with Crippen molar-refractivity contribution >= 4 is 17.2 Å². The third-order valence-corrected chi connectivity index (χ3v) is 7.18. The fourth-order valence-corrected chi connectivity index (χ4v) is 4.79. The van der Waals surface area contributed by atoms with Gasteiger partial charge < -0.3 is 4.74 Å². The number of aryl methyl sites for hydroxylation is 1. The van der Waals surface area contributed by atoms with Crippen molar-refractivity contribution in [2.75, 3.05) is 6.61 Å². The number of ether oxygens (including phenoxy) is 1. The summed E-state index contributed by atoms with van der Waals surface area (Å²) in [7, 11) is 0. The Balaban J connectivity index is 1.45. The first-order valence-corrected chi connectivity index (χ1v) is 12.0. The lowest BCUT2D eigenvalue weighted by Crippen LogP contribution is -2.23. The first kappa shape index (κ1) is 22.3. The average molecular weight is 498 g/mol. The van der Waals surface area contributed by atoms with Gasteiger partial charge in [0.25, 0.3) is 5.56 Å². The van der Waals surface area contributed by atoms with Gasteiger partial charge in [0.2, 0.25) is 0 Å². The van der Waals surface area contributed by atoms with Crippen molar-refractivity contribution in [2.45, 2.75) is 50.7 Å². The van der Waals surface area contributed by atoms with Crippen LogP contribution in [0.4, 0.5) is 8.78 Å². The van der Waals surface area contributed by atoms with E-state index in [9.17, 15) is 13.6 Å². The van der Waals surface area contributed by atoms with Crippen LogP contribution in [-0.2, 0) is 4.74 Å². The Labute approximate surface area is 204 Å². The van der Waals surface area contributed by atoms with Gasteiger partial charge in [-0.3, -0.25) is 13.9 Å². The molecule has 180 valence electrons. The van der Waals surface area contributed by atoms with Crippen LogP contribution in [0.2, 0.25) is 5.02 Å². The molecule has 0 spiro atoms. The maximum atomic E-state index is 14.8. The van der Waals surface area contributed by atoms with E-state index in [1.165, 1.54) is 10.5 Å². The molecular weight excluding hydrogens is 476 g/mol. The van der Waals surface area contributed by atoms with E-state index >= 15 is 0 Å². The Hall–Kier alpha value is -3.17. The van der Waals surface area contributed by atoms with Gasteiger partial charge in [0.1, 0.15) is 22.4 Å². The summed E-state index contributed by atoms with van der Waals surface area (Å²) in [6, 6.07) is 3.74. The number of halogens is 3. The number of aromatic nitrogens is 5. The van der Waals surface area contributed by atoms with Crippen molar-refractivity contribution in [3.05, 3.63) is 80.8 Å². The standard InChI is InChI=1S/C25H22ClF2N5O2/c1-13-22(26)25(34)32-12-20(31-23(24(32)30-13)18-5-2-16(27)9-19(18)28)14-6-7-35-21(8-14)15-10-29-33(11-15)17-3-4-17/h2,5,9-12,14,17,21H,3-4,6-8H2,1H3/t14-,21-/m1/s1. The molecule has 1 saturated heterocycles. The van der Waals surface area contributed by atoms with E-state index in [1.54, 1.807) is 13.1 Å².